The first-order valence-electron chi connectivity index (χ1n) is 11.8. The summed E-state index contributed by atoms with van der Waals surface area (Å²) in [4.78, 5) is 15.0. The fourth-order valence-corrected chi connectivity index (χ4v) is 4.11. The van der Waals surface area contributed by atoms with Crippen LogP contribution in [0.2, 0.25) is 0 Å². The second-order valence-corrected chi connectivity index (χ2v) is 8.64. The predicted molar refractivity (Wildman–Crippen MR) is 131 cm³/mol. The number of carbonyl (C=O) groups is 1. The minimum Gasteiger partial charge on any atom is -0.494 e. The summed E-state index contributed by atoms with van der Waals surface area (Å²) in [6.45, 7) is 6.95. The molecule has 0 unspecified atom stereocenters. The lowest BCUT2D eigenvalue weighted by atomic mass is 9.97. The summed E-state index contributed by atoms with van der Waals surface area (Å²) in [7, 11) is 0. The second kappa shape index (κ2) is 10.9. The molecule has 6 heteroatoms. The summed E-state index contributed by atoms with van der Waals surface area (Å²) in [5.74, 6) is 1.73. The van der Waals surface area contributed by atoms with Crippen LogP contribution in [0.1, 0.15) is 37.3 Å². The monoisotopic (exact) mass is 444 g/mol. The van der Waals surface area contributed by atoms with Crippen molar-refractivity contribution in [2.24, 2.45) is 5.92 Å². The highest BCUT2D eigenvalue weighted by Gasteiger charge is 2.26. The number of nitrogens with zero attached hydrogens (tertiary/aromatic N) is 3. The lowest BCUT2D eigenvalue weighted by Crippen LogP contribution is -2.43. The molecule has 1 N–H and O–H groups in total. The number of benzene rings is 2. The van der Waals surface area contributed by atoms with Crippen LogP contribution in [0.5, 0.6) is 5.75 Å². The van der Waals surface area contributed by atoms with E-state index in [1.54, 1.807) is 0 Å². The van der Waals surface area contributed by atoms with Gasteiger partial charge in [-0.15, -0.1) is 10.2 Å². The van der Waals surface area contributed by atoms with Crippen molar-refractivity contribution in [3.05, 3.63) is 71.8 Å². The topological polar surface area (TPSA) is 67.3 Å². The molecule has 2 heterocycles. The van der Waals surface area contributed by atoms with Gasteiger partial charge in [0.2, 0.25) is 5.91 Å². The van der Waals surface area contributed by atoms with Crippen molar-refractivity contribution in [2.75, 3.05) is 24.6 Å². The van der Waals surface area contributed by atoms with Crippen molar-refractivity contribution in [1.29, 1.82) is 0 Å². The van der Waals surface area contributed by atoms with Crippen LogP contribution in [-0.2, 0) is 11.3 Å². The Kier molecular flexibility index (Phi) is 7.55. The van der Waals surface area contributed by atoms with Crippen LogP contribution in [0, 0.1) is 12.8 Å². The van der Waals surface area contributed by atoms with Crippen LogP contribution in [0.4, 0.5) is 5.82 Å². The third kappa shape index (κ3) is 6.09. The number of anilines is 1. The van der Waals surface area contributed by atoms with Gasteiger partial charge in [0.1, 0.15) is 5.75 Å². The maximum atomic E-state index is 12.8. The van der Waals surface area contributed by atoms with Crippen LogP contribution < -0.4 is 15.0 Å². The Morgan fingerprint density at radius 1 is 1.12 bits per heavy atom. The average molecular weight is 445 g/mol. The Balaban J connectivity index is 1.32. The van der Waals surface area contributed by atoms with Gasteiger partial charge in [0.15, 0.2) is 5.82 Å². The normalized spacial score (nSPS) is 15.8. The van der Waals surface area contributed by atoms with E-state index in [1.165, 1.54) is 5.56 Å². The molecule has 0 radical (unpaired) electrons. The van der Waals surface area contributed by atoms with Gasteiger partial charge in [-0.25, -0.2) is 0 Å². The maximum absolute atomic E-state index is 12.8. The fraction of sp³-hybridized carbons (Fsp3) is 0.370. The Bertz CT molecular complexity index is 1050. The van der Waals surface area contributed by atoms with Crippen molar-refractivity contribution >= 4 is 11.7 Å². The van der Waals surface area contributed by atoms with E-state index in [0.717, 1.165) is 54.2 Å². The Hall–Kier alpha value is -3.41. The van der Waals surface area contributed by atoms with Gasteiger partial charge in [-0.2, -0.15) is 0 Å². The van der Waals surface area contributed by atoms with E-state index in [1.807, 2.05) is 48.5 Å². The predicted octanol–water partition coefficient (Wildman–Crippen LogP) is 4.77. The maximum Gasteiger partial charge on any atom is 0.225 e. The van der Waals surface area contributed by atoms with E-state index >= 15 is 0 Å². The molecule has 6 nitrogen and oxygen atoms in total. The van der Waals surface area contributed by atoms with E-state index in [2.05, 4.69) is 46.4 Å². The summed E-state index contributed by atoms with van der Waals surface area (Å²) in [5, 5.41) is 12.0. The van der Waals surface area contributed by atoms with Crippen LogP contribution in [-0.4, -0.2) is 35.8 Å². The standard InChI is InChI=1S/C27H32N4O2/c1-3-16-33-24-11-9-21(10-12-24)18-28-27(32)23-8-5-15-31(19-23)26-14-13-25(29-30-26)22-7-4-6-20(2)17-22/h4,6-7,9-14,17,23H,3,5,8,15-16,18-19H2,1-2H3,(H,28,32)/t23-/m0/s1. The van der Waals surface area contributed by atoms with Crippen molar-refractivity contribution in [3.63, 3.8) is 0 Å². The number of ether oxygens (including phenoxy) is 1. The third-order valence-corrected chi connectivity index (χ3v) is 5.94. The Morgan fingerprint density at radius 2 is 1.97 bits per heavy atom. The van der Waals surface area contributed by atoms with Crippen molar-refractivity contribution in [3.8, 4) is 17.0 Å². The summed E-state index contributed by atoms with van der Waals surface area (Å²) in [5.41, 5.74) is 4.19. The number of nitrogens with one attached hydrogen (secondary N) is 1. The number of aryl methyl sites for hydroxylation is 1. The number of carbonyl (C=O) groups excluding carboxylic acids is 1. The molecule has 0 spiro atoms. The van der Waals surface area contributed by atoms with E-state index in [-0.39, 0.29) is 11.8 Å². The summed E-state index contributed by atoms with van der Waals surface area (Å²) < 4.78 is 5.62. The molecule has 1 saturated heterocycles. The van der Waals surface area contributed by atoms with Crippen molar-refractivity contribution in [1.82, 2.24) is 15.5 Å². The quantitative estimate of drug-likeness (QED) is 0.542. The molecule has 4 rings (SSSR count). The largest absolute Gasteiger partial charge is 0.494 e. The van der Waals surface area contributed by atoms with E-state index in [9.17, 15) is 4.79 Å². The number of hydrogen-bond acceptors (Lipinski definition) is 5. The van der Waals surface area contributed by atoms with Crippen molar-refractivity contribution < 1.29 is 9.53 Å². The highest BCUT2D eigenvalue weighted by Crippen LogP contribution is 2.24. The second-order valence-electron chi connectivity index (χ2n) is 8.64. The summed E-state index contributed by atoms with van der Waals surface area (Å²) >= 11 is 0. The molecule has 1 aromatic heterocycles. The lowest BCUT2D eigenvalue weighted by molar-refractivity contribution is -0.125. The number of piperidine rings is 1. The number of hydrogen-bond donors (Lipinski definition) is 1. The third-order valence-electron chi connectivity index (χ3n) is 5.94. The summed E-state index contributed by atoms with van der Waals surface area (Å²) in [6, 6.07) is 20.2. The Morgan fingerprint density at radius 3 is 2.70 bits per heavy atom. The first-order chi connectivity index (χ1) is 16.1. The molecule has 33 heavy (non-hydrogen) atoms. The molecule has 3 aromatic rings. The molecule has 172 valence electrons. The first kappa shape index (κ1) is 22.8. The van der Waals surface area contributed by atoms with Gasteiger partial charge in [-0.05, 0) is 62.1 Å². The van der Waals surface area contributed by atoms with Gasteiger partial charge in [0, 0.05) is 25.2 Å². The first-order valence-corrected chi connectivity index (χ1v) is 11.8. The highest BCUT2D eigenvalue weighted by atomic mass is 16.5. The molecule has 0 aliphatic carbocycles. The molecular weight excluding hydrogens is 412 g/mol. The van der Waals surface area contributed by atoms with Gasteiger partial charge in [0.25, 0.3) is 0 Å². The van der Waals surface area contributed by atoms with Crippen LogP contribution in [0.3, 0.4) is 0 Å². The highest BCUT2D eigenvalue weighted by molar-refractivity contribution is 5.79. The number of rotatable bonds is 8. The molecule has 1 amide bonds. The molecule has 1 fully saturated rings. The van der Waals surface area contributed by atoms with Crippen LogP contribution in [0.15, 0.2) is 60.7 Å². The zero-order valence-electron chi connectivity index (χ0n) is 19.5. The lowest BCUT2D eigenvalue weighted by Gasteiger charge is -2.32. The van der Waals surface area contributed by atoms with Gasteiger partial charge in [-0.3, -0.25) is 4.79 Å². The van der Waals surface area contributed by atoms with Crippen LogP contribution >= 0.6 is 0 Å². The molecular formula is C27H32N4O2. The van der Waals surface area contributed by atoms with Gasteiger partial charge < -0.3 is 15.0 Å². The summed E-state index contributed by atoms with van der Waals surface area (Å²) in [6.07, 6.45) is 2.84. The minimum absolute atomic E-state index is 0.0517. The fourth-order valence-electron chi connectivity index (χ4n) is 4.11. The molecule has 1 aliphatic heterocycles. The zero-order chi connectivity index (χ0) is 23.0. The SMILES string of the molecule is CCCOc1ccc(CNC(=O)[C@H]2CCCN(c3ccc(-c4cccc(C)c4)nn3)C2)cc1. The van der Waals surface area contributed by atoms with E-state index < -0.39 is 0 Å². The van der Waals surface area contributed by atoms with E-state index in [4.69, 9.17) is 4.74 Å². The van der Waals surface area contributed by atoms with Gasteiger partial charge >= 0.3 is 0 Å². The molecule has 2 aromatic carbocycles. The zero-order valence-corrected chi connectivity index (χ0v) is 19.5. The van der Waals surface area contributed by atoms with Gasteiger partial charge in [0.05, 0.1) is 18.2 Å². The van der Waals surface area contributed by atoms with E-state index in [0.29, 0.717) is 19.7 Å². The molecule has 0 bridgehead atoms. The van der Waals surface area contributed by atoms with Crippen LogP contribution in [0.25, 0.3) is 11.3 Å². The molecule has 1 aliphatic rings. The molecule has 0 saturated carbocycles. The Labute approximate surface area is 196 Å². The van der Waals surface area contributed by atoms with Crippen molar-refractivity contribution in [2.45, 2.75) is 39.7 Å². The number of aromatic nitrogens is 2. The molecule has 1 atom stereocenters. The van der Waals surface area contributed by atoms with Gasteiger partial charge in [-0.1, -0.05) is 42.8 Å². The minimum atomic E-state index is -0.0517. The smallest absolute Gasteiger partial charge is 0.225 e. The average Bonchev–Trinajstić information content (AvgIpc) is 2.87. The number of amides is 1.